The molecule has 1 N–H and O–H groups in total. The second-order valence-corrected chi connectivity index (χ2v) is 7.50. The van der Waals surface area contributed by atoms with Gasteiger partial charge in [0.25, 0.3) is 0 Å². The lowest BCUT2D eigenvalue weighted by Crippen LogP contribution is -2.53. The van der Waals surface area contributed by atoms with Crippen LogP contribution in [0.3, 0.4) is 0 Å². The Kier molecular flexibility index (Phi) is 4.52. The summed E-state index contributed by atoms with van der Waals surface area (Å²) in [7, 11) is 0. The number of anilines is 3. The van der Waals surface area contributed by atoms with E-state index in [0.29, 0.717) is 10.7 Å². The van der Waals surface area contributed by atoms with Crippen LogP contribution in [0.5, 0.6) is 0 Å². The zero-order chi connectivity index (χ0) is 19.1. The van der Waals surface area contributed by atoms with Crippen LogP contribution in [0.15, 0.2) is 30.5 Å². The number of nitrogens with zero attached hydrogens (tertiary/aromatic N) is 3. The van der Waals surface area contributed by atoms with Gasteiger partial charge in [-0.1, -0.05) is 23.7 Å². The number of carbonyl (C=O) groups excluding carboxylic acids is 2. The molecule has 2 aliphatic rings. The standard InChI is InChI=1S/C20H21ClN4O2/c1-12-5-3-6-15(13(12)2)23-18(26)11-25-17-9-14(21)10-22-19(17)24-8-4-7-16(24)20(25)27/h3,5-6,9-10,16H,4,7-8,11H2,1-2H3,(H,23,26)/t16-/m1/s1. The molecule has 0 radical (unpaired) electrons. The van der Waals surface area contributed by atoms with E-state index in [4.69, 9.17) is 11.6 Å². The molecule has 0 aliphatic carbocycles. The number of benzene rings is 1. The van der Waals surface area contributed by atoms with Crippen molar-refractivity contribution in [1.29, 1.82) is 0 Å². The quantitative estimate of drug-likeness (QED) is 0.881. The number of fused-ring (bicyclic) bond motifs is 3. The fraction of sp³-hybridized carbons (Fsp3) is 0.350. The molecule has 6 nitrogen and oxygen atoms in total. The van der Waals surface area contributed by atoms with Gasteiger partial charge in [-0.2, -0.15) is 0 Å². The molecule has 1 fully saturated rings. The van der Waals surface area contributed by atoms with E-state index in [2.05, 4.69) is 10.3 Å². The second kappa shape index (κ2) is 6.85. The molecule has 1 aromatic carbocycles. The smallest absolute Gasteiger partial charge is 0.250 e. The van der Waals surface area contributed by atoms with Gasteiger partial charge in [-0.25, -0.2) is 4.98 Å². The van der Waals surface area contributed by atoms with Crippen LogP contribution in [0.1, 0.15) is 24.0 Å². The third-order valence-electron chi connectivity index (χ3n) is 5.36. The fourth-order valence-electron chi connectivity index (χ4n) is 3.80. The molecule has 2 aromatic rings. The van der Waals surface area contributed by atoms with Gasteiger partial charge in [0.1, 0.15) is 12.6 Å². The van der Waals surface area contributed by atoms with Gasteiger partial charge < -0.3 is 10.2 Å². The van der Waals surface area contributed by atoms with Crippen LogP contribution >= 0.6 is 11.6 Å². The van der Waals surface area contributed by atoms with Crippen molar-refractivity contribution in [1.82, 2.24) is 4.98 Å². The minimum Gasteiger partial charge on any atom is -0.343 e. The van der Waals surface area contributed by atoms with Crippen LogP contribution in [0.25, 0.3) is 0 Å². The fourth-order valence-corrected chi connectivity index (χ4v) is 3.95. The normalized spacial score (nSPS) is 18.3. The van der Waals surface area contributed by atoms with Crippen molar-refractivity contribution >= 4 is 40.6 Å². The number of pyridine rings is 1. The molecule has 1 saturated heterocycles. The van der Waals surface area contributed by atoms with Gasteiger partial charge in [0.2, 0.25) is 11.8 Å². The average Bonchev–Trinajstić information content (AvgIpc) is 3.12. The number of hydrogen-bond acceptors (Lipinski definition) is 4. The molecule has 140 valence electrons. The first kappa shape index (κ1) is 17.8. The Morgan fingerprint density at radius 2 is 2.19 bits per heavy atom. The van der Waals surface area contributed by atoms with Crippen LogP contribution in [-0.4, -0.2) is 35.9 Å². The lowest BCUT2D eigenvalue weighted by Gasteiger charge is -2.38. The molecule has 4 rings (SSSR count). The van der Waals surface area contributed by atoms with Gasteiger partial charge in [-0.05, 0) is 49.9 Å². The van der Waals surface area contributed by atoms with E-state index in [-0.39, 0.29) is 24.4 Å². The van der Waals surface area contributed by atoms with Crippen LogP contribution in [0, 0.1) is 13.8 Å². The summed E-state index contributed by atoms with van der Waals surface area (Å²) in [4.78, 5) is 33.7. The molecule has 2 aliphatic heterocycles. The Bertz CT molecular complexity index is 930. The molecule has 0 bridgehead atoms. The van der Waals surface area contributed by atoms with Crippen LogP contribution in [-0.2, 0) is 9.59 Å². The number of carbonyl (C=O) groups is 2. The Morgan fingerprint density at radius 3 is 3.00 bits per heavy atom. The maximum atomic E-state index is 13.0. The summed E-state index contributed by atoms with van der Waals surface area (Å²) in [5.74, 6) is 0.413. The van der Waals surface area contributed by atoms with Gasteiger partial charge in [-0.15, -0.1) is 0 Å². The molecule has 0 saturated carbocycles. The zero-order valence-corrected chi connectivity index (χ0v) is 16.1. The van der Waals surface area contributed by atoms with E-state index < -0.39 is 0 Å². The molecule has 7 heteroatoms. The highest BCUT2D eigenvalue weighted by atomic mass is 35.5. The number of nitrogens with one attached hydrogen (secondary N) is 1. The first-order valence-electron chi connectivity index (χ1n) is 9.05. The SMILES string of the molecule is Cc1cccc(NC(=O)CN2C(=O)[C@H]3CCCN3c3ncc(Cl)cc32)c1C. The topological polar surface area (TPSA) is 65.5 Å². The summed E-state index contributed by atoms with van der Waals surface area (Å²) in [6.45, 7) is 4.69. The summed E-state index contributed by atoms with van der Waals surface area (Å²) in [6.07, 6.45) is 3.29. The van der Waals surface area contributed by atoms with Crippen LogP contribution < -0.4 is 15.1 Å². The third-order valence-corrected chi connectivity index (χ3v) is 5.57. The lowest BCUT2D eigenvalue weighted by atomic mass is 10.1. The zero-order valence-electron chi connectivity index (χ0n) is 15.3. The Labute approximate surface area is 163 Å². The number of aromatic nitrogens is 1. The Morgan fingerprint density at radius 1 is 1.37 bits per heavy atom. The van der Waals surface area contributed by atoms with E-state index in [1.165, 1.54) is 4.90 Å². The minimum atomic E-state index is -0.250. The van der Waals surface area contributed by atoms with Gasteiger partial charge in [0.05, 0.1) is 10.7 Å². The maximum absolute atomic E-state index is 13.0. The molecule has 2 amide bonds. The number of hydrogen-bond donors (Lipinski definition) is 1. The first-order chi connectivity index (χ1) is 13.0. The van der Waals surface area contributed by atoms with E-state index in [0.717, 1.165) is 42.0 Å². The van der Waals surface area contributed by atoms with Crippen LogP contribution in [0.2, 0.25) is 5.02 Å². The van der Waals surface area contributed by atoms with Gasteiger partial charge >= 0.3 is 0 Å². The highest BCUT2D eigenvalue weighted by molar-refractivity contribution is 6.31. The molecule has 0 unspecified atom stereocenters. The maximum Gasteiger partial charge on any atom is 0.250 e. The van der Waals surface area contributed by atoms with Gasteiger partial charge in [-0.3, -0.25) is 14.5 Å². The first-order valence-corrected chi connectivity index (χ1v) is 9.43. The lowest BCUT2D eigenvalue weighted by molar-refractivity contribution is -0.122. The molecule has 3 heterocycles. The van der Waals surface area contributed by atoms with Gasteiger partial charge in [0.15, 0.2) is 5.82 Å². The van der Waals surface area contributed by atoms with E-state index >= 15 is 0 Å². The monoisotopic (exact) mass is 384 g/mol. The minimum absolute atomic E-state index is 0.0639. The third kappa shape index (κ3) is 3.14. The molecular formula is C20H21ClN4O2. The van der Waals surface area contributed by atoms with Crippen molar-refractivity contribution in [2.45, 2.75) is 32.7 Å². The van der Waals surface area contributed by atoms with Crippen molar-refractivity contribution in [2.24, 2.45) is 0 Å². The number of amides is 2. The Balaban J connectivity index is 1.62. The second-order valence-electron chi connectivity index (χ2n) is 7.07. The largest absolute Gasteiger partial charge is 0.343 e. The predicted octanol–water partition coefficient (Wildman–Crippen LogP) is 3.31. The van der Waals surface area contributed by atoms with Crippen molar-refractivity contribution in [3.63, 3.8) is 0 Å². The number of aryl methyl sites for hydroxylation is 1. The van der Waals surface area contributed by atoms with Crippen LogP contribution in [0.4, 0.5) is 17.2 Å². The summed E-state index contributed by atoms with van der Waals surface area (Å²) in [5.41, 5.74) is 3.48. The summed E-state index contributed by atoms with van der Waals surface area (Å²) in [5, 5.41) is 3.37. The van der Waals surface area contributed by atoms with E-state index in [1.54, 1.807) is 12.3 Å². The molecule has 1 atom stereocenters. The van der Waals surface area contributed by atoms with E-state index in [1.807, 2.05) is 36.9 Å². The molecular weight excluding hydrogens is 364 g/mol. The van der Waals surface area contributed by atoms with Crippen molar-refractivity contribution < 1.29 is 9.59 Å². The van der Waals surface area contributed by atoms with E-state index in [9.17, 15) is 9.59 Å². The molecule has 0 spiro atoms. The Hall–Kier alpha value is -2.60. The molecule has 1 aromatic heterocycles. The van der Waals surface area contributed by atoms with Crippen molar-refractivity contribution in [2.75, 3.05) is 28.2 Å². The summed E-state index contributed by atoms with van der Waals surface area (Å²) >= 11 is 6.12. The van der Waals surface area contributed by atoms with Crippen molar-refractivity contribution in [3.8, 4) is 0 Å². The van der Waals surface area contributed by atoms with Crippen molar-refractivity contribution in [3.05, 3.63) is 46.6 Å². The molecule has 27 heavy (non-hydrogen) atoms. The average molecular weight is 385 g/mol. The number of rotatable bonds is 3. The predicted molar refractivity (Wildman–Crippen MR) is 107 cm³/mol. The highest BCUT2D eigenvalue weighted by Gasteiger charge is 2.42. The highest BCUT2D eigenvalue weighted by Crippen LogP contribution is 2.39. The van der Waals surface area contributed by atoms with Gasteiger partial charge in [0, 0.05) is 18.4 Å². The summed E-state index contributed by atoms with van der Waals surface area (Å²) < 4.78 is 0. The summed E-state index contributed by atoms with van der Waals surface area (Å²) in [6, 6.07) is 7.22. The number of halogens is 1.